The molecular weight excluding hydrogens is 394 g/mol. The Morgan fingerprint density at radius 3 is 2.48 bits per heavy atom. The largest absolute Gasteiger partial charge is 0.280 e. The predicted molar refractivity (Wildman–Crippen MR) is 123 cm³/mol. The molecule has 0 aliphatic rings. The zero-order valence-corrected chi connectivity index (χ0v) is 16.7. The van der Waals surface area contributed by atoms with E-state index < -0.39 is 5.83 Å². The van der Waals surface area contributed by atoms with Gasteiger partial charge in [0.15, 0.2) is 0 Å². The molecule has 1 aromatic heterocycles. The molecule has 0 aliphatic heterocycles. The fraction of sp³-hybridized carbons (Fsp3) is 0.0400. The van der Waals surface area contributed by atoms with Crippen LogP contribution in [-0.4, -0.2) is 24.1 Å². The highest BCUT2D eigenvalue weighted by Crippen LogP contribution is 2.28. The van der Waals surface area contributed by atoms with E-state index in [9.17, 15) is 8.78 Å². The zero-order chi connectivity index (χ0) is 22.1. The lowest BCUT2D eigenvalue weighted by Gasteiger charge is -2.10. The van der Waals surface area contributed by atoms with Crippen molar-refractivity contribution in [2.45, 2.75) is 6.54 Å². The minimum atomic E-state index is -0.542. The van der Waals surface area contributed by atoms with Crippen molar-refractivity contribution in [3.8, 4) is 11.1 Å². The van der Waals surface area contributed by atoms with Gasteiger partial charge in [0.25, 0.3) is 0 Å². The first-order chi connectivity index (χ1) is 15.1. The van der Waals surface area contributed by atoms with Gasteiger partial charge >= 0.3 is 0 Å². The Kier molecular flexibility index (Phi) is 7.43. The first kappa shape index (κ1) is 21.6. The normalized spacial score (nSPS) is 12.2. The minimum Gasteiger partial charge on any atom is -0.280 e. The molecule has 0 fully saturated rings. The van der Waals surface area contributed by atoms with Crippen LogP contribution in [0.1, 0.15) is 11.1 Å². The third-order valence-electron chi connectivity index (χ3n) is 4.39. The molecule has 0 atom stereocenters. The Morgan fingerprint density at radius 1 is 1.03 bits per heavy atom. The summed E-state index contributed by atoms with van der Waals surface area (Å²) in [5.41, 5.74) is 4.02. The van der Waals surface area contributed by atoms with Gasteiger partial charge in [0, 0.05) is 24.2 Å². The van der Waals surface area contributed by atoms with Gasteiger partial charge in [-0.25, -0.2) is 8.78 Å². The first-order valence-corrected chi connectivity index (χ1v) is 9.40. The van der Waals surface area contributed by atoms with E-state index in [2.05, 4.69) is 33.4 Å². The van der Waals surface area contributed by atoms with Gasteiger partial charge in [-0.1, -0.05) is 24.3 Å². The molecule has 0 bridgehead atoms. The molecule has 6 heteroatoms. The average Bonchev–Trinajstić information content (AvgIpc) is 2.81. The fourth-order valence-corrected chi connectivity index (χ4v) is 2.88. The molecule has 4 nitrogen and oxygen atoms in total. The van der Waals surface area contributed by atoms with Gasteiger partial charge in [-0.15, -0.1) is 0 Å². The Labute approximate surface area is 179 Å². The highest BCUT2D eigenvalue weighted by Gasteiger charge is 2.11. The van der Waals surface area contributed by atoms with Crippen LogP contribution in [0.15, 0.2) is 106 Å². The molecule has 0 spiro atoms. The van der Waals surface area contributed by atoms with Gasteiger partial charge in [0.2, 0.25) is 0 Å². The molecule has 0 unspecified atom stereocenters. The van der Waals surface area contributed by atoms with Crippen LogP contribution in [0.2, 0.25) is 0 Å². The number of aromatic nitrogens is 1. The van der Waals surface area contributed by atoms with E-state index in [1.807, 2.05) is 24.3 Å². The quantitative estimate of drug-likeness (QED) is 0.316. The summed E-state index contributed by atoms with van der Waals surface area (Å²) in [5.74, 6) is -0.862. The van der Waals surface area contributed by atoms with Crippen molar-refractivity contribution in [2.24, 2.45) is 15.0 Å². The summed E-state index contributed by atoms with van der Waals surface area (Å²) < 4.78 is 27.8. The molecule has 0 amide bonds. The maximum Gasteiger partial charge on any atom is 0.126 e. The smallest absolute Gasteiger partial charge is 0.126 e. The molecule has 2 aromatic carbocycles. The molecule has 0 saturated heterocycles. The average molecular weight is 414 g/mol. The van der Waals surface area contributed by atoms with Gasteiger partial charge in [0.1, 0.15) is 11.6 Å². The van der Waals surface area contributed by atoms with Crippen LogP contribution in [0, 0.1) is 5.82 Å². The maximum absolute atomic E-state index is 14.5. The zero-order valence-electron chi connectivity index (χ0n) is 16.7. The van der Waals surface area contributed by atoms with Crippen LogP contribution in [0.3, 0.4) is 0 Å². The standard InChI is InChI=1S/C25H20F2N4/c1-28-13-11-22(27)15-25(31-17-18-4-3-12-30-16-18)23-14-20(7-10-24(23)29-2)19-5-8-21(26)9-6-19/h3-16H,1-2,17H2/b13-11-,22-15+,31-25?. The van der Waals surface area contributed by atoms with Gasteiger partial charge in [-0.3, -0.25) is 20.0 Å². The van der Waals surface area contributed by atoms with Gasteiger partial charge in [0.05, 0.1) is 17.9 Å². The van der Waals surface area contributed by atoms with Crippen LogP contribution in [-0.2, 0) is 6.54 Å². The van der Waals surface area contributed by atoms with E-state index in [-0.39, 0.29) is 5.82 Å². The van der Waals surface area contributed by atoms with E-state index in [0.717, 1.165) is 16.7 Å². The molecule has 0 aliphatic carbocycles. The number of nitrogens with zero attached hydrogens (tertiary/aromatic N) is 4. The second-order valence-electron chi connectivity index (χ2n) is 6.49. The molecule has 0 N–H and O–H groups in total. The lowest BCUT2D eigenvalue weighted by Crippen LogP contribution is -2.01. The third-order valence-corrected chi connectivity index (χ3v) is 4.39. The van der Waals surface area contributed by atoms with Crippen LogP contribution < -0.4 is 0 Å². The predicted octanol–water partition coefficient (Wildman–Crippen LogP) is 6.28. The van der Waals surface area contributed by atoms with E-state index >= 15 is 0 Å². The number of pyridine rings is 1. The molecule has 3 rings (SSSR count). The van der Waals surface area contributed by atoms with Crippen LogP contribution in [0.5, 0.6) is 0 Å². The van der Waals surface area contributed by atoms with Crippen molar-refractivity contribution in [3.05, 3.63) is 108 Å². The number of allylic oxidation sites excluding steroid dienone is 3. The number of hydrogen-bond acceptors (Lipinski definition) is 4. The Balaban J connectivity index is 2.10. The van der Waals surface area contributed by atoms with Crippen molar-refractivity contribution in [1.82, 2.24) is 4.98 Å². The molecule has 0 radical (unpaired) electrons. The highest BCUT2D eigenvalue weighted by molar-refractivity contribution is 6.13. The summed E-state index contributed by atoms with van der Waals surface area (Å²) in [4.78, 5) is 16.3. The summed E-state index contributed by atoms with van der Waals surface area (Å²) in [6.07, 6.45) is 7.12. The summed E-state index contributed by atoms with van der Waals surface area (Å²) in [6, 6.07) is 15.3. The second-order valence-corrected chi connectivity index (χ2v) is 6.49. The molecule has 154 valence electrons. The molecule has 0 saturated carbocycles. The van der Waals surface area contributed by atoms with E-state index in [0.29, 0.717) is 23.5 Å². The topological polar surface area (TPSA) is 50.0 Å². The molecular formula is C25H20F2N4. The van der Waals surface area contributed by atoms with Crippen LogP contribution in [0.4, 0.5) is 14.5 Å². The van der Waals surface area contributed by atoms with Crippen LogP contribution >= 0.6 is 0 Å². The monoisotopic (exact) mass is 414 g/mol. The van der Waals surface area contributed by atoms with Crippen molar-refractivity contribution in [2.75, 3.05) is 0 Å². The Hall–Kier alpha value is -4.06. The van der Waals surface area contributed by atoms with Crippen molar-refractivity contribution < 1.29 is 8.78 Å². The van der Waals surface area contributed by atoms with Gasteiger partial charge in [-0.2, -0.15) is 0 Å². The number of aliphatic imine (C=N–C) groups is 3. The van der Waals surface area contributed by atoms with E-state index in [1.165, 1.54) is 30.5 Å². The number of rotatable bonds is 8. The molecule has 3 aromatic rings. The molecule has 1 heterocycles. The summed E-state index contributed by atoms with van der Waals surface area (Å²) in [6.45, 7) is 7.22. The van der Waals surface area contributed by atoms with Crippen LogP contribution in [0.25, 0.3) is 11.1 Å². The summed E-state index contributed by atoms with van der Waals surface area (Å²) in [7, 11) is 0. The maximum atomic E-state index is 14.5. The van der Waals surface area contributed by atoms with Gasteiger partial charge < -0.3 is 0 Å². The second kappa shape index (κ2) is 10.6. The SMILES string of the molecule is C=N/C=C\C(F)=C/C(=NCc1cccnc1)c1cc(-c2ccc(F)cc2)ccc1N=C. The summed E-state index contributed by atoms with van der Waals surface area (Å²) >= 11 is 0. The van der Waals surface area contributed by atoms with E-state index in [1.54, 1.807) is 30.6 Å². The lowest BCUT2D eigenvalue weighted by molar-refractivity contribution is 0.628. The van der Waals surface area contributed by atoms with Crippen molar-refractivity contribution in [1.29, 1.82) is 0 Å². The minimum absolute atomic E-state index is 0.299. The number of hydrogen-bond donors (Lipinski definition) is 0. The number of halogens is 2. The fourth-order valence-electron chi connectivity index (χ4n) is 2.88. The lowest BCUT2D eigenvalue weighted by atomic mass is 9.98. The van der Waals surface area contributed by atoms with Crippen molar-refractivity contribution in [3.63, 3.8) is 0 Å². The Morgan fingerprint density at radius 2 is 1.81 bits per heavy atom. The third kappa shape index (κ3) is 5.96. The number of benzene rings is 2. The Bertz CT molecular complexity index is 1150. The van der Waals surface area contributed by atoms with E-state index in [4.69, 9.17) is 0 Å². The van der Waals surface area contributed by atoms with Crippen molar-refractivity contribution >= 4 is 24.8 Å². The highest BCUT2D eigenvalue weighted by atomic mass is 19.1. The summed E-state index contributed by atoms with van der Waals surface area (Å²) in [5, 5.41) is 0. The molecule has 31 heavy (non-hydrogen) atoms. The first-order valence-electron chi connectivity index (χ1n) is 9.40. The van der Waals surface area contributed by atoms with Gasteiger partial charge in [-0.05, 0) is 72.6 Å².